The Morgan fingerprint density at radius 3 is 2.53 bits per heavy atom. The van der Waals surface area contributed by atoms with Gasteiger partial charge < -0.3 is 19.5 Å². The lowest BCUT2D eigenvalue weighted by Gasteiger charge is -2.32. The van der Waals surface area contributed by atoms with E-state index in [1.807, 2.05) is 13.0 Å². The first-order valence-corrected chi connectivity index (χ1v) is 13.3. The van der Waals surface area contributed by atoms with Gasteiger partial charge >= 0.3 is 11.9 Å². The quantitative estimate of drug-likeness (QED) is 0.462. The molecule has 1 aliphatic carbocycles. The van der Waals surface area contributed by atoms with Crippen LogP contribution in [0.5, 0.6) is 0 Å². The fourth-order valence-electron chi connectivity index (χ4n) is 5.96. The van der Waals surface area contributed by atoms with Gasteiger partial charge in [0.2, 0.25) is 5.91 Å². The molecular formula is C28H43NO7. The number of carbonyl (C=O) groups is 4. The molecule has 2 fully saturated rings. The van der Waals surface area contributed by atoms with E-state index in [2.05, 4.69) is 13.0 Å². The Bertz CT molecular complexity index is 891. The van der Waals surface area contributed by atoms with E-state index in [-0.39, 0.29) is 49.3 Å². The molecule has 0 radical (unpaired) electrons. The molecule has 8 heteroatoms. The molecule has 202 valence electrons. The second-order valence-corrected chi connectivity index (χ2v) is 12.2. The largest absolute Gasteiger partial charge is 0.469 e. The fraction of sp³-hybridized carbons (Fsp3) is 0.786. The highest BCUT2D eigenvalue weighted by molar-refractivity contribution is 5.95. The standard InChI is InChI=1S/C28H43NO7/c1-17-9-7-8-10-19-14-28(19,26(34)35-6)15-23(31)22-12-20(30)16-29(22)25(33)21(18(2)11-17)13-24(32)36-27(3,4)5/h8,10,17-22,30H,7,9,11-16H2,1-6H3/b10-8-/t17?,18-,19-,20-,21+,22+,28-/m1/s1. The number of rotatable bonds is 3. The lowest BCUT2D eigenvalue weighted by atomic mass is 9.82. The number of Topliss-reactive ketones (excluding diaryl/α,β-unsaturated/α-hetero) is 1. The molecule has 0 aromatic carbocycles. The monoisotopic (exact) mass is 505 g/mol. The van der Waals surface area contributed by atoms with Gasteiger partial charge in [0.15, 0.2) is 5.78 Å². The summed E-state index contributed by atoms with van der Waals surface area (Å²) in [4.78, 5) is 54.3. The number of carbonyl (C=O) groups excluding carboxylic acids is 4. The van der Waals surface area contributed by atoms with E-state index >= 15 is 0 Å². The van der Waals surface area contributed by atoms with Crippen molar-refractivity contribution in [2.45, 2.75) is 97.3 Å². The molecule has 3 rings (SSSR count). The zero-order chi connectivity index (χ0) is 26.8. The lowest BCUT2D eigenvalue weighted by Crippen LogP contribution is -2.47. The van der Waals surface area contributed by atoms with Crippen LogP contribution in [0.15, 0.2) is 12.2 Å². The van der Waals surface area contributed by atoms with E-state index in [0.29, 0.717) is 12.3 Å². The van der Waals surface area contributed by atoms with Crippen molar-refractivity contribution in [3.05, 3.63) is 12.2 Å². The van der Waals surface area contributed by atoms with Gasteiger partial charge in [-0.25, -0.2) is 0 Å². The molecule has 0 aromatic rings. The summed E-state index contributed by atoms with van der Waals surface area (Å²) in [7, 11) is 1.33. The Balaban J connectivity index is 1.92. The van der Waals surface area contributed by atoms with Crippen LogP contribution in [-0.4, -0.2) is 65.0 Å². The highest BCUT2D eigenvalue weighted by atomic mass is 16.6. The number of ketones is 1. The van der Waals surface area contributed by atoms with Gasteiger partial charge in [0, 0.05) is 19.4 Å². The number of allylic oxidation sites excluding steroid dienone is 2. The van der Waals surface area contributed by atoms with Crippen LogP contribution in [-0.2, 0) is 28.7 Å². The summed E-state index contributed by atoms with van der Waals surface area (Å²) in [5.74, 6) is -1.93. The van der Waals surface area contributed by atoms with Gasteiger partial charge in [0.05, 0.1) is 37.0 Å². The van der Waals surface area contributed by atoms with E-state index in [1.54, 1.807) is 20.8 Å². The topological polar surface area (TPSA) is 110 Å². The fourth-order valence-corrected chi connectivity index (χ4v) is 5.96. The number of esters is 2. The molecule has 0 bridgehead atoms. The van der Waals surface area contributed by atoms with Crippen molar-refractivity contribution >= 4 is 23.6 Å². The molecule has 1 saturated carbocycles. The maximum Gasteiger partial charge on any atom is 0.312 e. The molecule has 7 atom stereocenters. The van der Waals surface area contributed by atoms with Gasteiger partial charge in [-0.05, 0) is 64.2 Å². The highest BCUT2D eigenvalue weighted by Gasteiger charge is 2.61. The number of ether oxygens (including phenoxy) is 2. The number of hydrogen-bond donors (Lipinski definition) is 1. The summed E-state index contributed by atoms with van der Waals surface area (Å²) in [5, 5.41) is 10.4. The molecular weight excluding hydrogens is 462 g/mol. The molecule has 0 spiro atoms. The van der Waals surface area contributed by atoms with Crippen molar-refractivity contribution in [3.8, 4) is 0 Å². The van der Waals surface area contributed by atoms with Crippen molar-refractivity contribution in [2.75, 3.05) is 13.7 Å². The second-order valence-electron chi connectivity index (χ2n) is 12.2. The molecule has 0 aromatic heterocycles. The van der Waals surface area contributed by atoms with Crippen LogP contribution < -0.4 is 0 Å². The summed E-state index contributed by atoms with van der Waals surface area (Å²) in [6.07, 6.45) is 6.33. The van der Waals surface area contributed by atoms with E-state index in [9.17, 15) is 24.3 Å². The molecule has 1 N–H and O–H groups in total. The number of methoxy groups -OCH3 is 1. The van der Waals surface area contributed by atoms with E-state index < -0.39 is 41.0 Å². The number of aliphatic hydroxyl groups is 1. The van der Waals surface area contributed by atoms with Crippen LogP contribution in [0.1, 0.15) is 79.6 Å². The Labute approximate surface area is 214 Å². The third kappa shape index (κ3) is 6.55. The average Bonchev–Trinajstić information content (AvgIpc) is 3.32. The molecule has 2 aliphatic heterocycles. The van der Waals surface area contributed by atoms with Gasteiger partial charge in [-0.2, -0.15) is 0 Å². The molecule has 3 aliphatic rings. The predicted octanol–water partition coefficient (Wildman–Crippen LogP) is 3.45. The van der Waals surface area contributed by atoms with Crippen LogP contribution in [0.2, 0.25) is 0 Å². The zero-order valence-corrected chi connectivity index (χ0v) is 22.6. The molecule has 8 nitrogen and oxygen atoms in total. The molecule has 1 unspecified atom stereocenters. The molecule has 1 amide bonds. The van der Waals surface area contributed by atoms with Crippen molar-refractivity contribution in [3.63, 3.8) is 0 Å². The second kappa shape index (κ2) is 11.0. The minimum atomic E-state index is -0.903. The predicted molar refractivity (Wildman–Crippen MR) is 134 cm³/mol. The number of hydrogen-bond acceptors (Lipinski definition) is 7. The lowest BCUT2D eigenvalue weighted by molar-refractivity contribution is -0.160. The number of amides is 1. The van der Waals surface area contributed by atoms with Crippen molar-refractivity contribution in [2.24, 2.45) is 29.1 Å². The summed E-state index contributed by atoms with van der Waals surface area (Å²) >= 11 is 0. The minimum Gasteiger partial charge on any atom is -0.469 e. The van der Waals surface area contributed by atoms with Gasteiger partial charge in [0.1, 0.15) is 5.60 Å². The van der Waals surface area contributed by atoms with Crippen LogP contribution in [0, 0.1) is 29.1 Å². The third-order valence-electron chi connectivity index (χ3n) is 7.93. The highest BCUT2D eigenvalue weighted by Crippen LogP contribution is 2.57. The van der Waals surface area contributed by atoms with Crippen LogP contribution in [0.4, 0.5) is 0 Å². The SMILES string of the molecule is COC(=O)[C@]12CC(=O)[C@@H]3C[C@@H](O)CN3C(=O)[C@@H](CC(=O)OC(C)(C)C)[C@H](C)CC(C)CC/C=C\[C@@H]1C2. The molecule has 2 heterocycles. The van der Waals surface area contributed by atoms with Crippen LogP contribution >= 0.6 is 0 Å². The number of fused-ring (bicyclic) bond motifs is 2. The van der Waals surface area contributed by atoms with Crippen molar-refractivity contribution in [1.82, 2.24) is 4.90 Å². The first-order chi connectivity index (χ1) is 16.8. The summed E-state index contributed by atoms with van der Waals surface area (Å²) in [6.45, 7) is 9.51. The van der Waals surface area contributed by atoms with E-state index in [4.69, 9.17) is 9.47 Å². The minimum absolute atomic E-state index is 0.0292. The first kappa shape index (κ1) is 28.4. The number of nitrogens with zero attached hydrogens (tertiary/aromatic N) is 1. The Hall–Kier alpha value is -2.22. The van der Waals surface area contributed by atoms with E-state index in [0.717, 1.165) is 19.3 Å². The van der Waals surface area contributed by atoms with Crippen LogP contribution in [0.25, 0.3) is 0 Å². The van der Waals surface area contributed by atoms with Gasteiger partial charge in [-0.1, -0.05) is 26.0 Å². The summed E-state index contributed by atoms with van der Waals surface area (Å²) in [5.41, 5.74) is -1.58. The normalized spacial score (nSPS) is 36.7. The van der Waals surface area contributed by atoms with Gasteiger partial charge in [0.25, 0.3) is 0 Å². The van der Waals surface area contributed by atoms with Gasteiger partial charge in [-0.3, -0.25) is 19.2 Å². The van der Waals surface area contributed by atoms with Crippen molar-refractivity contribution < 1.29 is 33.8 Å². The Morgan fingerprint density at radius 2 is 1.89 bits per heavy atom. The molecule has 1 saturated heterocycles. The smallest absolute Gasteiger partial charge is 0.312 e. The number of aliphatic hydroxyl groups excluding tert-OH is 1. The van der Waals surface area contributed by atoms with Gasteiger partial charge in [-0.15, -0.1) is 0 Å². The summed E-state index contributed by atoms with van der Waals surface area (Å²) in [6, 6.07) is -0.824. The summed E-state index contributed by atoms with van der Waals surface area (Å²) < 4.78 is 10.6. The first-order valence-electron chi connectivity index (χ1n) is 13.3. The average molecular weight is 506 g/mol. The zero-order valence-electron chi connectivity index (χ0n) is 22.6. The van der Waals surface area contributed by atoms with Crippen LogP contribution in [0.3, 0.4) is 0 Å². The third-order valence-corrected chi connectivity index (χ3v) is 7.93. The molecule has 36 heavy (non-hydrogen) atoms. The van der Waals surface area contributed by atoms with Crippen molar-refractivity contribution in [1.29, 1.82) is 0 Å². The Kier molecular flexibility index (Phi) is 8.69. The van der Waals surface area contributed by atoms with E-state index in [1.165, 1.54) is 12.0 Å². The Morgan fingerprint density at radius 1 is 1.19 bits per heavy atom. The maximum absolute atomic E-state index is 13.9. The maximum atomic E-state index is 13.9.